The van der Waals surface area contributed by atoms with Gasteiger partial charge in [0.15, 0.2) is 0 Å². The zero-order valence-corrected chi connectivity index (χ0v) is 12.4. The van der Waals surface area contributed by atoms with Crippen LogP contribution in [0.2, 0.25) is 0 Å². The summed E-state index contributed by atoms with van der Waals surface area (Å²) in [6.45, 7) is 11.7. The molecule has 2 atom stereocenters. The molecular formula is C14H31N3. The van der Waals surface area contributed by atoms with E-state index in [9.17, 15) is 0 Å². The lowest BCUT2D eigenvalue weighted by Gasteiger charge is -2.40. The summed E-state index contributed by atoms with van der Waals surface area (Å²) in [4.78, 5) is 4.99. The summed E-state index contributed by atoms with van der Waals surface area (Å²) >= 11 is 0. The first-order chi connectivity index (χ1) is 8.04. The van der Waals surface area contributed by atoms with E-state index in [1.807, 2.05) is 0 Å². The van der Waals surface area contributed by atoms with Gasteiger partial charge in [-0.2, -0.15) is 0 Å². The van der Waals surface area contributed by atoms with Crippen molar-refractivity contribution in [2.45, 2.75) is 45.7 Å². The molecular weight excluding hydrogens is 210 g/mol. The Hall–Kier alpha value is -0.120. The first-order valence-electron chi connectivity index (χ1n) is 7.16. The van der Waals surface area contributed by atoms with Gasteiger partial charge >= 0.3 is 0 Å². The SMILES string of the molecule is CCCNC(CC1CN(C)CCN1C)C(C)C. The Balaban J connectivity index is 2.46. The van der Waals surface area contributed by atoms with Crippen LogP contribution < -0.4 is 5.32 Å². The molecule has 0 aromatic rings. The van der Waals surface area contributed by atoms with Crippen LogP contribution in [0, 0.1) is 5.92 Å². The van der Waals surface area contributed by atoms with Gasteiger partial charge in [0.05, 0.1) is 0 Å². The normalized spacial score (nSPS) is 25.4. The first kappa shape index (κ1) is 14.9. The minimum atomic E-state index is 0.661. The average molecular weight is 241 g/mol. The van der Waals surface area contributed by atoms with E-state index < -0.39 is 0 Å². The maximum absolute atomic E-state index is 3.71. The Morgan fingerprint density at radius 3 is 2.53 bits per heavy atom. The van der Waals surface area contributed by atoms with Crippen molar-refractivity contribution in [2.24, 2.45) is 5.92 Å². The maximum atomic E-state index is 3.71. The third kappa shape index (κ3) is 4.94. The highest BCUT2D eigenvalue weighted by Crippen LogP contribution is 2.16. The largest absolute Gasteiger partial charge is 0.314 e. The fourth-order valence-electron chi connectivity index (χ4n) is 2.57. The second-order valence-corrected chi connectivity index (χ2v) is 5.94. The van der Waals surface area contributed by atoms with Gasteiger partial charge in [-0.3, -0.25) is 0 Å². The van der Waals surface area contributed by atoms with Crippen LogP contribution in [0.3, 0.4) is 0 Å². The highest BCUT2D eigenvalue weighted by molar-refractivity contribution is 4.84. The summed E-state index contributed by atoms with van der Waals surface area (Å²) in [5, 5.41) is 3.71. The summed E-state index contributed by atoms with van der Waals surface area (Å²) in [7, 11) is 4.51. The topological polar surface area (TPSA) is 18.5 Å². The molecule has 1 fully saturated rings. The number of nitrogens with zero attached hydrogens (tertiary/aromatic N) is 2. The van der Waals surface area contributed by atoms with Crippen molar-refractivity contribution >= 4 is 0 Å². The molecule has 0 aromatic carbocycles. The Morgan fingerprint density at radius 1 is 1.24 bits per heavy atom. The molecule has 2 unspecified atom stereocenters. The van der Waals surface area contributed by atoms with E-state index in [4.69, 9.17) is 0 Å². The fraction of sp³-hybridized carbons (Fsp3) is 1.00. The van der Waals surface area contributed by atoms with Crippen LogP contribution >= 0.6 is 0 Å². The van der Waals surface area contributed by atoms with E-state index in [0.29, 0.717) is 12.1 Å². The quantitative estimate of drug-likeness (QED) is 0.763. The van der Waals surface area contributed by atoms with Gasteiger partial charge in [0.1, 0.15) is 0 Å². The lowest BCUT2D eigenvalue weighted by molar-refractivity contribution is 0.0962. The molecule has 0 radical (unpaired) electrons. The van der Waals surface area contributed by atoms with Crippen molar-refractivity contribution in [3.63, 3.8) is 0 Å². The number of piperazine rings is 1. The third-order valence-corrected chi connectivity index (χ3v) is 3.97. The van der Waals surface area contributed by atoms with Crippen LogP contribution in [0.5, 0.6) is 0 Å². The van der Waals surface area contributed by atoms with Crippen molar-refractivity contribution in [2.75, 3.05) is 40.3 Å². The molecule has 1 aliphatic rings. The van der Waals surface area contributed by atoms with Crippen LogP contribution in [0.25, 0.3) is 0 Å². The van der Waals surface area contributed by atoms with Gasteiger partial charge in [-0.1, -0.05) is 20.8 Å². The Morgan fingerprint density at radius 2 is 1.94 bits per heavy atom. The number of hydrogen-bond acceptors (Lipinski definition) is 3. The lowest BCUT2D eigenvalue weighted by Crippen LogP contribution is -2.52. The van der Waals surface area contributed by atoms with Gasteiger partial charge in [-0.25, -0.2) is 0 Å². The second kappa shape index (κ2) is 7.34. The smallest absolute Gasteiger partial charge is 0.0235 e. The van der Waals surface area contributed by atoms with Crippen molar-refractivity contribution in [1.82, 2.24) is 15.1 Å². The molecule has 102 valence electrons. The minimum absolute atomic E-state index is 0.661. The van der Waals surface area contributed by atoms with Crippen LogP contribution in [-0.2, 0) is 0 Å². The highest BCUT2D eigenvalue weighted by atomic mass is 15.3. The zero-order valence-electron chi connectivity index (χ0n) is 12.4. The van der Waals surface area contributed by atoms with E-state index in [1.165, 1.54) is 32.5 Å². The molecule has 0 bridgehead atoms. The van der Waals surface area contributed by atoms with E-state index in [2.05, 4.69) is 50.0 Å². The second-order valence-electron chi connectivity index (χ2n) is 5.94. The average Bonchev–Trinajstić information content (AvgIpc) is 2.28. The number of rotatable bonds is 6. The van der Waals surface area contributed by atoms with Gasteiger partial charge in [-0.15, -0.1) is 0 Å². The van der Waals surface area contributed by atoms with E-state index >= 15 is 0 Å². The molecule has 1 heterocycles. The molecule has 0 aromatic heterocycles. The molecule has 17 heavy (non-hydrogen) atoms. The summed E-state index contributed by atoms with van der Waals surface area (Å²) in [5.74, 6) is 0.724. The van der Waals surface area contributed by atoms with Crippen molar-refractivity contribution in [1.29, 1.82) is 0 Å². The van der Waals surface area contributed by atoms with Gasteiger partial charge in [-0.05, 0) is 39.4 Å². The molecule has 1 saturated heterocycles. The van der Waals surface area contributed by atoms with Gasteiger partial charge in [0, 0.05) is 31.7 Å². The molecule has 1 N–H and O–H groups in total. The number of nitrogens with one attached hydrogen (secondary N) is 1. The highest BCUT2D eigenvalue weighted by Gasteiger charge is 2.26. The van der Waals surface area contributed by atoms with E-state index in [1.54, 1.807) is 0 Å². The molecule has 0 amide bonds. The molecule has 1 rings (SSSR count). The van der Waals surface area contributed by atoms with Gasteiger partial charge in [0.25, 0.3) is 0 Å². The van der Waals surface area contributed by atoms with Crippen LogP contribution in [0.15, 0.2) is 0 Å². The van der Waals surface area contributed by atoms with Crippen LogP contribution in [0.1, 0.15) is 33.6 Å². The minimum Gasteiger partial charge on any atom is -0.314 e. The predicted molar refractivity (Wildman–Crippen MR) is 75.5 cm³/mol. The number of likely N-dealkylation sites (N-methyl/N-ethyl adjacent to an activating group) is 2. The van der Waals surface area contributed by atoms with Gasteiger partial charge < -0.3 is 15.1 Å². The van der Waals surface area contributed by atoms with Crippen LogP contribution in [-0.4, -0.2) is 62.2 Å². The molecule has 3 heteroatoms. The molecule has 0 aliphatic carbocycles. The lowest BCUT2D eigenvalue weighted by atomic mass is 9.94. The zero-order chi connectivity index (χ0) is 12.8. The first-order valence-corrected chi connectivity index (χ1v) is 7.16. The maximum Gasteiger partial charge on any atom is 0.0235 e. The Labute approximate surface area is 108 Å². The fourth-order valence-corrected chi connectivity index (χ4v) is 2.57. The van der Waals surface area contributed by atoms with Crippen molar-refractivity contribution in [3.8, 4) is 0 Å². The monoisotopic (exact) mass is 241 g/mol. The summed E-state index contributed by atoms with van der Waals surface area (Å²) in [6, 6.07) is 1.37. The van der Waals surface area contributed by atoms with Crippen molar-refractivity contribution < 1.29 is 0 Å². The molecule has 0 saturated carbocycles. The Kier molecular flexibility index (Phi) is 6.45. The standard InChI is InChI=1S/C14H31N3/c1-6-7-15-14(12(2)3)10-13-11-16(4)8-9-17(13)5/h12-15H,6-11H2,1-5H3. The Bertz CT molecular complexity index is 206. The van der Waals surface area contributed by atoms with Crippen molar-refractivity contribution in [3.05, 3.63) is 0 Å². The molecule has 1 aliphatic heterocycles. The molecule has 0 spiro atoms. The summed E-state index contributed by atoms with van der Waals surface area (Å²) < 4.78 is 0. The summed E-state index contributed by atoms with van der Waals surface area (Å²) in [5.41, 5.74) is 0. The van der Waals surface area contributed by atoms with Gasteiger partial charge in [0.2, 0.25) is 0 Å². The predicted octanol–water partition coefficient (Wildman–Crippen LogP) is 1.65. The van der Waals surface area contributed by atoms with E-state index in [-0.39, 0.29) is 0 Å². The van der Waals surface area contributed by atoms with E-state index in [0.717, 1.165) is 12.5 Å². The third-order valence-electron chi connectivity index (χ3n) is 3.97. The summed E-state index contributed by atoms with van der Waals surface area (Å²) in [6.07, 6.45) is 2.50. The molecule has 3 nitrogen and oxygen atoms in total. The number of hydrogen-bond donors (Lipinski definition) is 1. The van der Waals surface area contributed by atoms with Crippen LogP contribution in [0.4, 0.5) is 0 Å².